The molecule has 5 aromatic rings. The number of anilines is 2. The highest BCUT2D eigenvalue weighted by molar-refractivity contribution is 5.92. The highest BCUT2D eigenvalue weighted by Crippen LogP contribution is 2.51. The molecule has 2 aromatic heterocycles. The van der Waals surface area contributed by atoms with Gasteiger partial charge in [0, 0.05) is 69.4 Å². The van der Waals surface area contributed by atoms with Crippen molar-refractivity contribution in [1.82, 2.24) is 9.13 Å². The first-order valence-corrected chi connectivity index (χ1v) is 25.7. The zero-order chi connectivity index (χ0) is 43.6. The third-order valence-electron chi connectivity index (χ3n) is 18.0. The van der Waals surface area contributed by atoms with Gasteiger partial charge in [-0.05, 0) is 152 Å². The van der Waals surface area contributed by atoms with E-state index in [1.807, 2.05) is 0 Å². The van der Waals surface area contributed by atoms with E-state index in [0.29, 0.717) is 53.8 Å². The Balaban J connectivity index is 0.791. The number of rotatable bonds is 5. The summed E-state index contributed by atoms with van der Waals surface area (Å²) in [6.45, 7) is 5.05. The maximum absolute atomic E-state index is 2.75. The summed E-state index contributed by atoms with van der Waals surface area (Å²) in [6.07, 6.45) is 47.2. The predicted molar refractivity (Wildman–Crippen MR) is 275 cm³/mol. The molecule has 0 radical (unpaired) electrons. The maximum Gasteiger partial charge on any atom is 0.0588 e. The van der Waals surface area contributed by atoms with Crippen LogP contribution in [0.5, 0.6) is 0 Å². The fraction of sp³-hybridized carbons (Fsp3) is 0.355. The lowest BCUT2D eigenvalue weighted by Gasteiger charge is -2.38. The first-order valence-electron chi connectivity index (χ1n) is 25.7. The monoisotopic (exact) mass is 862 g/mol. The minimum atomic E-state index is 0.293. The Hall–Kier alpha value is -6.00. The molecule has 2 aliphatic heterocycles. The lowest BCUT2D eigenvalue weighted by Crippen LogP contribution is -2.42. The first-order chi connectivity index (χ1) is 32.6. The maximum atomic E-state index is 2.75. The number of benzene rings is 3. The molecule has 330 valence electrons. The third-order valence-corrected chi connectivity index (χ3v) is 18.0. The molecule has 0 bridgehead atoms. The highest BCUT2D eigenvalue weighted by atomic mass is 15.2. The smallest absolute Gasteiger partial charge is 0.0588 e. The predicted octanol–water partition coefficient (Wildman–Crippen LogP) is 14.2. The Kier molecular flexibility index (Phi) is 9.07. The van der Waals surface area contributed by atoms with Gasteiger partial charge >= 0.3 is 0 Å². The van der Waals surface area contributed by atoms with E-state index in [-0.39, 0.29) is 0 Å². The lowest BCUT2D eigenvalue weighted by molar-refractivity contribution is 0.268. The van der Waals surface area contributed by atoms with Crippen LogP contribution in [0.1, 0.15) is 122 Å². The zero-order valence-corrected chi connectivity index (χ0v) is 38.7. The molecule has 0 saturated carbocycles. The van der Waals surface area contributed by atoms with Crippen molar-refractivity contribution in [3.8, 4) is 5.69 Å². The van der Waals surface area contributed by atoms with Crippen LogP contribution < -0.4 is 9.80 Å². The first kappa shape index (κ1) is 39.2. The van der Waals surface area contributed by atoms with Crippen LogP contribution in [0.4, 0.5) is 11.4 Å². The van der Waals surface area contributed by atoms with Crippen molar-refractivity contribution >= 4 is 34.4 Å². The highest BCUT2D eigenvalue weighted by Gasteiger charge is 2.43. The van der Waals surface area contributed by atoms with Crippen LogP contribution in [0.15, 0.2) is 151 Å². The fourth-order valence-electron chi connectivity index (χ4n) is 14.7. The number of nitrogens with zero attached hydrogens (tertiary/aromatic N) is 4. The number of allylic oxidation sites excluding steroid dienone is 8. The molecular weight excluding hydrogens is 801 g/mol. The van der Waals surface area contributed by atoms with E-state index in [1.165, 1.54) is 112 Å². The van der Waals surface area contributed by atoms with Crippen LogP contribution in [-0.4, -0.2) is 27.3 Å². The second-order valence-corrected chi connectivity index (χ2v) is 21.1. The van der Waals surface area contributed by atoms with Gasteiger partial charge in [-0.3, -0.25) is 0 Å². The van der Waals surface area contributed by atoms with Crippen molar-refractivity contribution in [3.63, 3.8) is 0 Å². The summed E-state index contributed by atoms with van der Waals surface area (Å²) < 4.78 is 5.45. The van der Waals surface area contributed by atoms with Crippen molar-refractivity contribution in [2.75, 3.05) is 9.80 Å². The summed E-state index contributed by atoms with van der Waals surface area (Å²) in [5.74, 6) is 2.38. The van der Waals surface area contributed by atoms with Crippen molar-refractivity contribution < 1.29 is 0 Å². The molecule has 9 aliphatic rings. The molecule has 14 rings (SSSR count). The molecule has 4 nitrogen and oxygen atoms in total. The van der Waals surface area contributed by atoms with Gasteiger partial charge in [0.2, 0.25) is 0 Å². The Morgan fingerprint density at radius 2 is 1.45 bits per heavy atom. The molecule has 0 N–H and O–H groups in total. The van der Waals surface area contributed by atoms with Gasteiger partial charge in [0.15, 0.2) is 0 Å². The van der Waals surface area contributed by atoms with E-state index >= 15 is 0 Å². The number of aromatic nitrogens is 2. The van der Waals surface area contributed by atoms with Crippen LogP contribution in [-0.2, 0) is 25.7 Å². The van der Waals surface area contributed by atoms with Crippen LogP contribution in [0.2, 0.25) is 0 Å². The van der Waals surface area contributed by atoms with Gasteiger partial charge in [-0.2, -0.15) is 0 Å². The van der Waals surface area contributed by atoms with Crippen molar-refractivity contribution in [3.05, 3.63) is 196 Å². The summed E-state index contributed by atoms with van der Waals surface area (Å²) in [5.41, 5.74) is 20.7. The van der Waals surface area contributed by atoms with E-state index < -0.39 is 0 Å². The van der Waals surface area contributed by atoms with Crippen molar-refractivity contribution in [1.29, 1.82) is 0 Å². The zero-order valence-electron chi connectivity index (χ0n) is 38.7. The number of fused-ring (bicyclic) bond motifs is 11. The molecule has 0 saturated heterocycles. The minimum Gasteiger partial charge on any atom is -0.357 e. The molecule has 3 aromatic carbocycles. The second kappa shape index (κ2) is 15.3. The van der Waals surface area contributed by atoms with E-state index in [4.69, 9.17) is 0 Å². The molecule has 4 heteroatoms. The Morgan fingerprint density at radius 1 is 0.606 bits per heavy atom. The van der Waals surface area contributed by atoms with E-state index in [2.05, 4.69) is 185 Å². The van der Waals surface area contributed by atoms with Gasteiger partial charge in [0.1, 0.15) is 0 Å². The lowest BCUT2D eigenvalue weighted by atomic mass is 9.72. The van der Waals surface area contributed by atoms with Crippen LogP contribution >= 0.6 is 0 Å². The molecule has 9 unspecified atom stereocenters. The number of hydrogen-bond acceptors (Lipinski definition) is 2. The van der Waals surface area contributed by atoms with Crippen molar-refractivity contribution in [2.45, 2.75) is 120 Å². The Bertz CT molecular complexity index is 3060. The standard InChI is InChI=1S/C62H62N4/c1-39-40(2)54(66-60-26-14-8-20-51(60)53-34-32-44(38-62(53)66)65-58-24-12-5-17-48(58)49-18-6-13-25-59(49)65)36-35-45(39)41-27-29-42(30-28-41)63-55-21-9-7-19-50(55)52-33-31-43(37-61(52)63)64-56-22-10-3-15-46(56)47-16-4-11-23-57(47)64/h3-4,10-16,22-36,38-40,43,45-46,48,54,56,58H,5-9,17-21,37H2,1-2H3. The van der Waals surface area contributed by atoms with E-state index in [9.17, 15) is 0 Å². The van der Waals surface area contributed by atoms with Gasteiger partial charge in [-0.1, -0.05) is 123 Å². The van der Waals surface area contributed by atoms with Gasteiger partial charge in [0.05, 0.1) is 29.7 Å². The SMILES string of the molecule is CC1C(c2ccc(-n3c4c(c5c3CCCC5)C=CC(N3c5ccccc5C5C=CC=CC53)C4)cc2)C=CC(n2c3c(c4ccc(N5C6=C(CCC=C6)C6CCC=CC65)cc42)CCC=C3)C1C. The van der Waals surface area contributed by atoms with Gasteiger partial charge < -0.3 is 18.9 Å². The summed E-state index contributed by atoms with van der Waals surface area (Å²) in [6, 6.07) is 27.9. The summed E-state index contributed by atoms with van der Waals surface area (Å²) in [5, 5.41) is 1.45. The molecular formula is C62H62N4. The topological polar surface area (TPSA) is 16.3 Å². The van der Waals surface area contributed by atoms with Crippen LogP contribution in [0.3, 0.4) is 0 Å². The molecule has 7 aliphatic carbocycles. The molecule has 9 atom stereocenters. The number of hydrogen-bond donors (Lipinski definition) is 0. The molecule has 0 amide bonds. The number of aryl methyl sites for hydroxylation is 1. The van der Waals surface area contributed by atoms with Crippen LogP contribution in [0.25, 0.3) is 28.7 Å². The average molecular weight is 863 g/mol. The summed E-state index contributed by atoms with van der Waals surface area (Å²) >= 11 is 0. The van der Waals surface area contributed by atoms with Gasteiger partial charge in [0.25, 0.3) is 0 Å². The van der Waals surface area contributed by atoms with Gasteiger partial charge in [-0.25, -0.2) is 0 Å². The van der Waals surface area contributed by atoms with Gasteiger partial charge in [-0.15, -0.1) is 0 Å². The summed E-state index contributed by atoms with van der Waals surface area (Å²) in [4.78, 5) is 5.42. The fourth-order valence-corrected chi connectivity index (χ4v) is 14.7. The van der Waals surface area contributed by atoms with Crippen LogP contribution in [0, 0.1) is 17.8 Å². The third kappa shape index (κ3) is 5.75. The van der Waals surface area contributed by atoms with E-state index in [0.717, 1.165) is 25.7 Å². The normalized spacial score (nSPS) is 29.8. The largest absolute Gasteiger partial charge is 0.357 e. The van der Waals surface area contributed by atoms with Crippen molar-refractivity contribution in [2.24, 2.45) is 17.8 Å². The molecule has 0 fully saturated rings. The molecule has 0 spiro atoms. The average Bonchev–Trinajstić information content (AvgIpc) is 4.10. The Labute approximate surface area is 391 Å². The second-order valence-electron chi connectivity index (χ2n) is 21.1. The Morgan fingerprint density at radius 3 is 2.39 bits per heavy atom. The van der Waals surface area contributed by atoms with E-state index in [1.54, 1.807) is 16.8 Å². The summed E-state index contributed by atoms with van der Waals surface area (Å²) in [7, 11) is 0. The number of para-hydroxylation sites is 1. The minimum absolute atomic E-state index is 0.293. The molecule has 66 heavy (non-hydrogen) atoms. The molecule has 4 heterocycles. The quantitative estimate of drug-likeness (QED) is 0.164.